The number of hydrogen-bond donors (Lipinski definition) is 2. The summed E-state index contributed by atoms with van der Waals surface area (Å²) in [6.45, 7) is 0. The van der Waals surface area contributed by atoms with Gasteiger partial charge in [-0.1, -0.05) is 30.3 Å². The van der Waals surface area contributed by atoms with Gasteiger partial charge < -0.3 is 9.72 Å². The largest absolute Gasteiger partial charge is 0.497 e. The number of methoxy groups -OCH3 is 1. The van der Waals surface area contributed by atoms with Crippen molar-refractivity contribution in [2.24, 2.45) is 0 Å². The molecule has 0 spiro atoms. The van der Waals surface area contributed by atoms with Gasteiger partial charge in [0.2, 0.25) is 10.0 Å². The van der Waals surface area contributed by atoms with Crippen LogP contribution in [0.15, 0.2) is 48.5 Å². The van der Waals surface area contributed by atoms with Crippen molar-refractivity contribution in [3.05, 3.63) is 65.4 Å². The first kappa shape index (κ1) is 19.0. The average molecular weight is 399 g/mol. The van der Waals surface area contributed by atoms with Gasteiger partial charge in [-0.15, -0.1) is 0 Å². The van der Waals surface area contributed by atoms with Gasteiger partial charge >= 0.3 is 0 Å². The first-order valence-electron chi connectivity index (χ1n) is 9.75. The van der Waals surface area contributed by atoms with Crippen molar-refractivity contribution in [3.63, 3.8) is 0 Å². The molecule has 0 bridgehead atoms. The summed E-state index contributed by atoms with van der Waals surface area (Å²) in [5, 5.41) is 1.13. The number of ether oxygens (including phenoxy) is 1. The minimum atomic E-state index is -3.29. The maximum atomic E-state index is 12.6. The predicted molar refractivity (Wildman–Crippen MR) is 112 cm³/mol. The van der Waals surface area contributed by atoms with E-state index >= 15 is 0 Å². The highest BCUT2D eigenvalue weighted by Gasteiger charge is 2.26. The third-order valence-electron chi connectivity index (χ3n) is 5.46. The lowest BCUT2D eigenvalue weighted by Gasteiger charge is -2.23. The smallest absolute Gasteiger partial charge is 0.211 e. The molecule has 1 aromatic heterocycles. The van der Waals surface area contributed by atoms with E-state index in [9.17, 15) is 8.42 Å². The molecule has 0 aliphatic heterocycles. The van der Waals surface area contributed by atoms with Gasteiger partial charge in [-0.3, -0.25) is 0 Å². The molecule has 148 valence electrons. The summed E-state index contributed by atoms with van der Waals surface area (Å²) in [6.07, 6.45) is 3.78. The SMILES string of the molecule is COc1ccc2[nH]c3c(c2c1)CC(NS(=O)(=O)CCCc1ccccc1)CC3. The second-order valence-corrected chi connectivity index (χ2v) is 9.33. The van der Waals surface area contributed by atoms with Crippen molar-refractivity contribution < 1.29 is 13.2 Å². The standard InChI is InChI=1S/C22H26N2O3S/c1-27-18-10-12-22-20(15-18)19-14-17(9-11-21(19)23-22)24-28(25,26)13-5-8-16-6-3-2-4-7-16/h2-4,6-7,10,12,15,17,23-24H,5,8-9,11,13-14H2,1H3. The van der Waals surface area contributed by atoms with Crippen LogP contribution >= 0.6 is 0 Å². The summed E-state index contributed by atoms with van der Waals surface area (Å²) in [5.41, 5.74) is 4.67. The highest BCUT2D eigenvalue weighted by Crippen LogP contribution is 2.31. The maximum Gasteiger partial charge on any atom is 0.211 e. The van der Waals surface area contributed by atoms with E-state index in [0.29, 0.717) is 12.8 Å². The maximum absolute atomic E-state index is 12.6. The number of aryl methyl sites for hydroxylation is 2. The molecule has 6 heteroatoms. The first-order chi connectivity index (χ1) is 13.5. The summed E-state index contributed by atoms with van der Waals surface area (Å²) >= 11 is 0. The third-order valence-corrected chi connectivity index (χ3v) is 6.98. The molecule has 2 aromatic carbocycles. The van der Waals surface area contributed by atoms with Crippen LogP contribution in [0.1, 0.15) is 29.7 Å². The number of fused-ring (bicyclic) bond motifs is 3. The summed E-state index contributed by atoms with van der Waals surface area (Å²) < 4.78 is 33.4. The van der Waals surface area contributed by atoms with Gasteiger partial charge in [0.25, 0.3) is 0 Å². The van der Waals surface area contributed by atoms with Crippen LogP contribution in [0.4, 0.5) is 0 Å². The number of aromatic nitrogens is 1. The lowest BCUT2D eigenvalue weighted by molar-refractivity contribution is 0.415. The molecular weight excluding hydrogens is 372 g/mol. The lowest BCUT2D eigenvalue weighted by atomic mass is 9.92. The van der Waals surface area contributed by atoms with E-state index in [2.05, 4.69) is 9.71 Å². The van der Waals surface area contributed by atoms with E-state index in [0.717, 1.165) is 35.9 Å². The summed E-state index contributed by atoms with van der Waals surface area (Å²) in [6, 6.07) is 15.9. The van der Waals surface area contributed by atoms with Gasteiger partial charge in [-0.2, -0.15) is 0 Å². The number of sulfonamides is 1. The fraction of sp³-hybridized carbons (Fsp3) is 0.364. The van der Waals surface area contributed by atoms with Crippen LogP contribution in [0.25, 0.3) is 10.9 Å². The second-order valence-electron chi connectivity index (χ2n) is 7.46. The molecule has 1 aliphatic rings. The van der Waals surface area contributed by atoms with Crippen molar-refractivity contribution in [1.82, 2.24) is 9.71 Å². The normalized spacial score (nSPS) is 16.8. The number of aromatic amines is 1. The number of benzene rings is 2. The molecular formula is C22H26N2O3S. The van der Waals surface area contributed by atoms with E-state index in [1.54, 1.807) is 7.11 Å². The van der Waals surface area contributed by atoms with Gasteiger partial charge in [0.15, 0.2) is 0 Å². The average Bonchev–Trinajstić information content (AvgIpc) is 3.05. The Hall–Kier alpha value is -2.31. The Labute approximate surface area is 166 Å². The van der Waals surface area contributed by atoms with E-state index in [1.807, 2.05) is 48.5 Å². The molecule has 28 heavy (non-hydrogen) atoms. The van der Waals surface area contributed by atoms with E-state index in [4.69, 9.17) is 4.74 Å². The zero-order valence-electron chi connectivity index (χ0n) is 16.1. The number of hydrogen-bond acceptors (Lipinski definition) is 3. The fourth-order valence-corrected chi connectivity index (χ4v) is 5.40. The number of H-pyrrole nitrogens is 1. The molecule has 5 nitrogen and oxygen atoms in total. The van der Waals surface area contributed by atoms with Crippen LogP contribution in [0.5, 0.6) is 5.75 Å². The molecule has 4 rings (SSSR count). The second kappa shape index (κ2) is 7.97. The van der Waals surface area contributed by atoms with Crippen LogP contribution in [0, 0.1) is 0 Å². The van der Waals surface area contributed by atoms with E-state index < -0.39 is 10.0 Å². The van der Waals surface area contributed by atoms with Crippen LogP contribution in [-0.4, -0.2) is 32.3 Å². The highest BCUT2D eigenvalue weighted by molar-refractivity contribution is 7.89. The number of rotatable bonds is 7. The van der Waals surface area contributed by atoms with Crippen molar-refractivity contribution in [2.75, 3.05) is 12.9 Å². The molecule has 3 aromatic rings. The van der Waals surface area contributed by atoms with Crippen molar-refractivity contribution >= 4 is 20.9 Å². The molecule has 1 heterocycles. The topological polar surface area (TPSA) is 71.2 Å². The third kappa shape index (κ3) is 4.23. The molecule has 0 amide bonds. The molecule has 0 saturated carbocycles. The van der Waals surface area contributed by atoms with Crippen LogP contribution in [0.3, 0.4) is 0 Å². The minimum absolute atomic E-state index is 0.0561. The molecule has 1 atom stereocenters. The monoisotopic (exact) mass is 398 g/mol. The Bertz CT molecular complexity index is 1060. The van der Waals surface area contributed by atoms with Crippen molar-refractivity contribution in [3.8, 4) is 5.75 Å². The Balaban J connectivity index is 1.41. The summed E-state index contributed by atoms with van der Waals surface area (Å²) in [5.74, 6) is 0.977. The molecule has 1 aliphatic carbocycles. The van der Waals surface area contributed by atoms with Crippen molar-refractivity contribution in [2.45, 2.75) is 38.1 Å². The Morgan fingerprint density at radius 1 is 1.18 bits per heavy atom. The molecule has 0 fully saturated rings. The van der Waals surface area contributed by atoms with Gasteiger partial charge in [-0.05, 0) is 61.4 Å². The lowest BCUT2D eigenvalue weighted by Crippen LogP contribution is -2.40. The quantitative estimate of drug-likeness (QED) is 0.639. The van der Waals surface area contributed by atoms with Crippen molar-refractivity contribution in [1.29, 1.82) is 0 Å². The molecule has 0 saturated heterocycles. The van der Waals surface area contributed by atoms with Crippen LogP contribution in [0.2, 0.25) is 0 Å². The first-order valence-corrected chi connectivity index (χ1v) is 11.4. The highest BCUT2D eigenvalue weighted by atomic mass is 32.2. The zero-order chi connectivity index (χ0) is 19.6. The number of nitrogens with one attached hydrogen (secondary N) is 2. The molecule has 2 N–H and O–H groups in total. The summed E-state index contributed by atoms with van der Waals surface area (Å²) in [7, 11) is -1.63. The van der Waals surface area contributed by atoms with Gasteiger partial charge in [0.1, 0.15) is 5.75 Å². The zero-order valence-corrected chi connectivity index (χ0v) is 16.9. The Morgan fingerprint density at radius 2 is 2.00 bits per heavy atom. The van der Waals surface area contributed by atoms with Gasteiger partial charge in [-0.25, -0.2) is 13.1 Å². The minimum Gasteiger partial charge on any atom is -0.497 e. The van der Waals surface area contributed by atoms with E-state index in [-0.39, 0.29) is 11.8 Å². The molecule has 1 unspecified atom stereocenters. The van der Waals surface area contributed by atoms with E-state index in [1.165, 1.54) is 16.8 Å². The predicted octanol–water partition coefficient (Wildman–Crippen LogP) is 3.59. The van der Waals surface area contributed by atoms with Crippen LogP contribution in [-0.2, 0) is 29.3 Å². The Morgan fingerprint density at radius 3 is 2.79 bits per heavy atom. The fourth-order valence-electron chi connectivity index (χ4n) is 4.05. The van der Waals surface area contributed by atoms with Gasteiger partial charge in [0.05, 0.1) is 12.9 Å². The summed E-state index contributed by atoms with van der Waals surface area (Å²) in [4.78, 5) is 3.47. The van der Waals surface area contributed by atoms with Gasteiger partial charge in [0, 0.05) is 22.6 Å². The molecule has 0 radical (unpaired) electrons. The Kier molecular flexibility index (Phi) is 5.42. The van der Waals surface area contributed by atoms with Crippen LogP contribution < -0.4 is 9.46 Å².